The fourth-order valence-electron chi connectivity index (χ4n) is 1.89. The first-order valence-corrected chi connectivity index (χ1v) is 7.19. The molecule has 1 heterocycles. The maximum atomic E-state index is 13.1. The second kappa shape index (κ2) is 7.34. The molecule has 0 aliphatic rings. The molecule has 3 nitrogen and oxygen atoms in total. The smallest absolute Gasteiger partial charge is 0.434 e. The summed E-state index contributed by atoms with van der Waals surface area (Å²) in [5.74, 6) is -1.23. The van der Waals surface area contributed by atoms with Gasteiger partial charge >= 0.3 is 12.1 Å². The molecule has 0 amide bonds. The molecule has 0 radical (unpaired) electrons. The Bertz CT molecular complexity index is 560. The number of rotatable bonds is 5. The quantitative estimate of drug-likeness (QED) is 0.529. The summed E-state index contributed by atoms with van der Waals surface area (Å²) in [7, 11) is 0. The van der Waals surface area contributed by atoms with Gasteiger partial charge in [-0.15, -0.1) is 0 Å². The van der Waals surface area contributed by atoms with E-state index in [1.54, 1.807) is 6.92 Å². The molecule has 0 atom stereocenters. The summed E-state index contributed by atoms with van der Waals surface area (Å²) in [4.78, 5) is 14.8. The van der Waals surface area contributed by atoms with Gasteiger partial charge in [-0.1, -0.05) is 13.3 Å². The molecule has 0 fully saturated rings. The summed E-state index contributed by atoms with van der Waals surface area (Å²) < 4.78 is 69.5. The van der Waals surface area contributed by atoms with Crippen LogP contribution in [0.4, 0.5) is 22.0 Å². The van der Waals surface area contributed by atoms with E-state index in [0.717, 1.165) is 0 Å². The zero-order valence-electron chi connectivity index (χ0n) is 11.7. The van der Waals surface area contributed by atoms with E-state index < -0.39 is 35.5 Å². The van der Waals surface area contributed by atoms with Crippen molar-refractivity contribution in [3.8, 4) is 0 Å². The molecule has 0 saturated carbocycles. The standard InChI is InChI=1S/C13H13BrF5NO2/c1-3-5-6-7(12(21)22-4-2)10(13(17,18)19)20-9(8(6)14)11(15)16/h11H,3-5H2,1-2H3. The summed E-state index contributed by atoms with van der Waals surface area (Å²) in [5.41, 5.74) is -3.66. The molecular formula is C13H13BrF5NO2. The van der Waals surface area contributed by atoms with Crippen LogP contribution in [0, 0.1) is 0 Å². The highest BCUT2D eigenvalue weighted by Crippen LogP contribution is 2.39. The van der Waals surface area contributed by atoms with Gasteiger partial charge in [0.1, 0.15) is 5.69 Å². The maximum absolute atomic E-state index is 13.1. The number of nitrogens with zero attached hydrogens (tertiary/aromatic N) is 1. The van der Waals surface area contributed by atoms with Crippen molar-refractivity contribution in [1.29, 1.82) is 0 Å². The second-order valence-corrected chi connectivity index (χ2v) is 5.08. The highest BCUT2D eigenvalue weighted by molar-refractivity contribution is 9.10. The van der Waals surface area contributed by atoms with Crippen LogP contribution in [0.3, 0.4) is 0 Å². The Morgan fingerprint density at radius 3 is 2.32 bits per heavy atom. The molecule has 1 aromatic heterocycles. The monoisotopic (exact) mass is 389 g/mol. The van der Waals surface area contributed by atoms with E-state index in [0.29, 0.717) is 6.42 Å². The van der Waals surface area contributed by atoms with Crippen LogP contribution in [0.25, 0.3) is 0 Å². The third kappa shape index (κ3) is 3.93. The molecule has 0 spiro atoms. The van der Waals surface area contributed by atoms with Crippen molar-refractivity contribution in [2.75, 3.05) is 6.61 Å². The largest absolute Gasteiger partial charge is 0.462 e. The first-order chi connectivity index (χ1) is 10.1. The van der Waals surface area contributed by atoms with Gasteiger partial charge in [0.05, 0.1) is 12.2 Å². The first kappa shape index (κ1) is 18.8. The van der Waals surface area contributed by atoms with Crippen molar-refractivity contribution in [2.24, 2.45) is 0 Å². The van der Waals surface area contributed by atoms with Gasteiger partial charge in [-0.3, -0.25) is 0 Å². The van der Waals surface area contributed by atoms with Crippen LogP contribution in [0.5, 0.6) is 0 Å². The zero-order chi connectivity index (χ0) is 17.1. The van der Waals surface area contributed by atoms with Crippen molar-refractivity contribution in [2.45, 2.75) is 39.3 Å². The number of halogens is 6. The van der Waals surface area contributed by atoms with Gasteiger partial charge in [-0.25, -0.2) is 18.6 Å². The van der Waals surface area contributed by atoms with E-state index >= 15 is 0 Å². The number of hydrogen-bond donors (Lipinski definition) is 0. The van der Waals surface area contributed by atoms with Crippen molar-refractivity contribution in [1.82, 2.24) is 4.98 Å². The second-order valence-electron chi connectivity index (χ2n) is 4.28. The number of hydrogen-bond acceptors (Lipinski definition) is 3. The van der Waals surface area contributed by atoms with Gasteiger partial charge < -0.3 is 4.74 Å². The van der Waals surface area contributed by atoms with Crippen LogP contribution in [0.2, 0.25) is 0 Å². The zero-order valence-corrected chi connectivity index (χ0v) is 13.3. The molecule has 0 N–H and O–H groups in total. The van der Waals surface area contributed by atoms with Gasteiger partial charge in [-0.05, 0) is 34.8 Å². The fourth-order valence-corrected chi connectivity index (χ4v) is 2.55. The average Bonchev–Trinajstić information content (AvgIpc) is 2.39. The SMILES string of the molecule is CCCc1c(Br)c(C(F)F)nc(C(F)(F)F)c1C(=O)OCC. The first-order valence-electron chi connectivity index (χ1n) is 6.39. The Morgan fingerprint density at radius 2 is 1.91 bits per heavy atom. The lowest BCUT2D eigenvalue weighted by molar-refractivity contribution is -0.142. The van der Waals surface area contributed by atoms with E-state index in [1.165, 1.54) is 6.92 Å². The highest BCUT2D eigenvalue weighted by Gasteiger charge is 2.41. The minimum Gasteiger partial charge on any atom is -0.462 e. The third-order valence-corrected chi connectivity index (χ3v) is 3.60. The molecule has 0 aromatic carbocycles. The average molecular weight is 390 g/mol. The van der Waals surface area contributed by atoms with Crippen LogP contribution >= 0.6 is 15.9 Å². The minimum atomic E-state index is -5.05. The van der Waals surface area contributed by atoms with Gasteiger partial charge in [0.2, 0.25) is 0 Å². The number of carbonyl (C=O) groups excluding carboxylic acids is 1. The summed E-state index contributed by atoms with van der Waals surface area (Å²) in [6.45, 7) is 2.94. The topological polar surface area (TPSA) is 39.2 Å². The van der Waals surface area contributed by atoms with Crippen molar-refractivity contribution >= 4 is 21.9 Å². The minimum absolute atomic E-state index is 0.0000505. The highest BCUT2D eigenvalue weighted by atomic mass is 79.9. The molecule has 9 heteroatoms. The number of esters is 1. The van der Waals surface area contributed by atoms with Crippen molar-refractivity contribution in [3.05, 3.63) is 27.0 Å². The normalized spacial score (nSPS) is 11.9. The molecule has 0 unspecified atom stereocenters. The molecular weight excluding hydrogens is 377 g/mol. The number of ether oxygens (including phenoxy) is 1. The summed E-state index contributed by atoms with van der Waals surface area (Å²) in [6.07, 6.45) is -7.90. The molecule has 0 bridgehead atoms. The lowest BCUT2D eigenvalue weighted by atomic mass is 10.00. The lowest BCUT2D eigenvalue weighted by Crippen LogP contribution is -2.21. The van der Waals surface area contributed by atoms with E-state index in [2.05, 4.69) is 25.7 Å². The van der Waals surface area contributed by atoms with Crippen LogP contribution in [-0.4, -0.2) is 17.6 Å². The molecule has 0 aliphatic carbocycles. The van der Waals surface area contributed by atoms with E-state index in [-0.39, 0.29) is 23.1 Å². The lowest BCUT2D eigenvalue weighted by Gasteiger charge is -2.18. The summed E-state index contributed by atoms with van der Waals surface area (Å²) >= 11 is 2.84. The van der Waals surface area contributed by atoms with Crippen LogP contribution < -0.4 is 0 Å². The molecule has 1 rings (SSSR count). The molecule has 0 saturated heterocycles. The number of carbonyl (C=O) groups is 1. The van der Waals surface area contributed by atoms with Gasteiger partial charge in [0.15, 0.2) is 5.69 Å². The Kier molecular flexibility index (Phi) is 6.27. The molecule has 1 aromatic rings. The van der Waals surface area contributed by atoms with Crippen molar-refractivity contribution in [3.63, 3.8) is 0 Å². The Morgan fingerprint density at radius 1 is 1.32 bits per heavy atom. The van der Waals surface area contributed by atoms with Crippen LogP contribution in [0.1, 0.15) is 54.0 Å². The van der Waals surface area contributed by atoms with E-state index in [4.69, 9.17) is 0 Å². The summed E-state index contributed by atoms with van der Waals surface area (Å²) in [6, 6.07) is 0. The van der Waals surface area contributed by atoms with Crippen molar-refractivity contribution < 1.29 is 31.5 Å². The number of pyridine rings is 1. The molecule has 22 heavy (non-hydrogen) atoms. The van der Waals surface area contributed by atoms with E-state index in [9.17, 15) is 26.7 Å². The Hall–Kier alpha value is -1.25. The van der Waals surface area contributed by atoms with E-state index in [1.807, 2.05) is 0 Å². The Balaban J connectivity index is 3.74. The van der Waals surface area contributed by atoms with Gasteiger partial charge in [0, 0.05) is 4.47 Å². The van der Waals surface area contributed by atoms with Gasteiger partial charge in [-0.2, -0.15) is 13.2 Å². The van der Waals surface area contributed by atoms with Crippen LogP contribution in [0.15, 0.2) is 4.47 Å². The molecule has 0 aliphatic heterocycles. The fraction of sp³-hybridized carbons (Fsp3) is 0.538. The maximum Gasteiger partial charge on any atom is 0.434 e. The predicted molar refractivity (Wildman–Crippen MR) is 71.8 cm³/mol. The van der Waals surface area contributed by atoms with Gasteiger partial charge in [0.25, 0.3) is 6.43 Å². The third-order valence-electron chi connectivity index (χ3n) is 2.72. The number of alkyl halides is 5. The van der Waals surface area contributed by atoms with Crippen LogP contribution in [-0.2, 0) is 17.3 Å². The summed E-state index contributed by atoms with van der Waals surface area (Å²) in [5, 5.41) is 0. The number of aromatic nitrogens is 1. The Labute approximate surface area is 132 Å². The molecule has 124 valence electrons. The predicted octanol–water partition coefficient (Wildman–Crippen LogP) is 4.93.